The van der Waals surface area contributed by atoms with Gasteiger partial charge in [0.2, 0.25) is 5.95 Å². The predicted molar refractivity (Wildman–Crippen MR) is 157 cm³/mol. The SMILES string of the molecule is CCCCOC(=O)COc1ccc(CCc2c(-c3ccc(C(F)(F)F)cc3)[nH]n(-c3nc4ccc(Cl)cc4[nH]3)c2=O)cc1. The van der Waals surface area contributed by atoms with E-state index in [4.69, 9.17) is 21.1 Å². The lowest BCUT2D eigenvalue weighted by Crippen LogP contribution is -2.19. The van der Waals surface area contributed by atoms with Crippen molar-refractivity contribution >= 4 is 28.6 Å². The Morgan fingerprint density at radius 2 is 1.77 bits per heavy atom. The van der Waals surface area contributed by atoms with Crippen LogP contribution in [0.4, 0.5) is 13.2 Å². The first-order valence-corrected chi connectivity index (χ1v) is 14.0. The Morgan fingerprint density at radius 3 is 2.47 bits per heavy atom. The van der Waals surface area contributed by atoms with Gasteiger partial charge in [0.05, 0.1) is 28.9 Å². The second kappa shape index (κ2) is 12.8. The number of benzene rings is 3. The highest BCUT2D eigenvalue weighted by Gasteiger charge is 2.30. The summed E-state index contributed by atoms with van der Waals surface area (Å²) < 4.78 is 51.4. The monoisotopic (exact) mass is 612 g/mol. The Hall–Kier alpha value is -4.51. The first-order chi connectivity index (χ1) is 20.6. The van der Waals surface area contributed by atoms with Crippen LogP contribution < -0.4 is 10.3 Å². The number of rotatable bonds is 11. The number of hydrogen-bond acceptors (Lipinski definition) is 5. The third-order valence-electron chi connectivity index (χ3n) is 6.84. The van der Waals surface area contributed by atoms with Crippen LogP contribution in [0.15, 0.2) is 71.5 Å². The maximum atomic E-state index is 13.7. The van der Waals surface area contributed by atoms with Crippen LogP contribution in [0.25, 0.3) is 28.2 Å². The molecule has 12 heteroatoms. The molecule has 0 atom stereocenters. The molecular weight excluding hydrogens is 585 g/mol. The lowest BCUT2D eigenvalue weighted by atomic mass is 10.0. The number of carbonyl (C=O) groups excluding carboxylic acids is 1. The largest absolute Gasteiger partial charge is 0.482 e. The molecule has 3 aromatic carbocycles. The molecule has 0 saturated carbocycles. The van der Waals surface area contributed by atoms with E-state index in [-0.39, 0.29) is 24.5 Å². The van der Waals surface area contributed by atoms with Gasteiger partial charge in [0.25, 0.3) is 5.56 Å². The molecule has 0 saturated heterocycles. The van der Waals surface area contributed by atoms with Crippen LogP contribution in [0.5, 0.6) is 5.75 Å². The lowest BCUT2D eigenvalue weighted by Gasteiger charge is -2.09. The van der Waals surface area contributed by atoms with E-state index in [1.54, 1.807) is 30.3 Å². The molecule has 8 nitrogen and oxygen atoms in total. The van der Waals surface area contributed by atoms with Crippen LogP contribution in [0.1, 0.15) is 36.5 Å². The number of carbonyl (C=O) groups is 1. The van der Waals surface area contributed by atoms with E-state index in [1.165, 1.54) is 16.8 Å². The van der Waals surface area contributed by atoms with Gasteiger partial charge in [0.1, 0.15) is 5.75 Å². The van der Waals surface area contributed by atoms with Crippen molar-refractivity contribution in [3.63, 3.8) is 0 Å². The summed E-state index contributed by atoms with van der Waals surface area (Å²) in [4.78, 5) is 33.0. The number of aromatic nitrogens is 4. The van der Waals surface area contributed by atoms with E-state index >= 15 is 0 Å². The molecule has 0 aliphatic heterocycles. The van der Waals surface area contributed by atoms with Gasteiger partial charge < -0.3 is 14.5 Å². The van der Waals surface area contributed by atoms with E-state index in [9.17, 15) is 22.8 Å². The summed E-state index contributed by atoms with van der Waals surface area (Å²) in [7, 11) is 0. The molecule has 43 heavy (non-hydrogen) atoms. The van der Waals surface area contributed by atoms with Crippen LogP contribution in [-0.4, -0.2) is 38.9 Å². The number of halogens is 4. The topological polar surface area (TPSA) is 102 Å². The number of aromatic amines is 2. The minimum absolute atomic E-state index is 0.198. The molecule has 5 rings (SSSR count). The second-order valence-corrected chi connectivity index (χ2v) is 10.3. The Labute approximate surface area is 249 Å². The van der Waals surface area contributed by atoms with Crippen molar-refractivity contribution in [2.75, 3.05) is 13.2 Å². The number of ether oxygens (including phenoxy) is 2. The number of aryl methyl sites for hydroxylation is 1. The van der Waals surface area contributed by atoms with E-state index in [1.807, 2.05) is 19.1 Å². The van der Waals surface area contributed by atoms with Crippen molar-refractivity contribution in [2.45, 2.75) is 38.8 Å². The molecule has 0 unspecified atom stereocenters. The normalized spacial score (nSPS) is 11.7. The van der Waals surface area contributed by atoms with Gasteiger partial charge in [-0.05, 0) is 72.9 Å². The van der Waals surface area contributed by atoms with Crippen LogP contribution in [0.3, 0.4) is 0 Å². The number of H-pyrrole nitrogens is 2. The summed E-state index contributed by atoms with van der Waals surface area (Å²) in [5.74, 6) is 0.275. The summed E-state index contributed by atoms with van der Waals surface area (Å²) in [6, 6.07) is 16.8. The lowest BCUT2D eigenvalue weighted by molar-refractivity contribution is -0.146. The predicted octanol–water partition coefficient (Wildman–Crippen LogP) is 6.89. The molecule has 2 aromatic heterocycles. The molecule has 224 valence electrons. The Kier molecular flexibility index (Phi) is 8.91. The molecule has 0 spiro atoms. The zero-order valence-electron chi connectivity index (χ0n) is 23.1. The number of alkyl halides is 3. The number of hydrogen-bond donors (Lipinski definition) is 2. The van der Waals surface area contributed by atoms with Crippen LogP contribution in [0, 0.1) is 0 Å². The average molecular weight is 613 g/mol. The number of fused-ring (bicyclic) bond motifs is 1. The zero-order chi connectivity index (χ0) is 30.6. The average Bonchev–Trinajstić information content (AvgIpc) is 3.55. The Balaban J connectivity index is 1.38. The van der Waals surface area contributed by atoms with Gasteiger partial charge in [-0.25, -0.2) is 9.78 Å². The van der Waals surface area contributed by atoms with Crippen LogP contribution in [0.2, 0.25) is 5.02 Å². The van der Waals surface area contributed by atoms with Crippen molar-refractivity contribution < 1.29 is 27.4 Å². The highest BCUT2D eigenvalue weighted by molar-refractivity contribution is 6.31. The van der Waals surface area contributed by atoms with Crippen molar-refractivity contribution in [3.8, 4) is 23.0 Å². The fourth-order valence-corrected chi connectivity index (χ4v) is 4.70. The molecular formula is C31H28ClF3N4O4. The molecule has 0 bridgehead atoms. The van der Waals surface area contributed by atoms with E-state index < -0.39 is 17.7 Å². The molecule has 0 aliphatic carbocycles. The van der Waals surface area contributed by atoms with Gasteiger partial charge >= 0.3 is 12.1 Å². The van der Waals surface area contributed by atoms with Crippen molar-refractivity contribution in [2.24, 2.45) is 0 Å². The Morgan fingerprint density at radius 1 is 1.02 bits per heavy atom. The highest BCUT2D eigenvalue weighted by atomic mass is 35.5. The number of nitrogens with one attached hydrogen (secondary N) is 2. The van der Waals surface area contributed by atoms with Crippen LogP contribution >= 0.6 is 11.6 Å². The summed E-state index contributed by atoms with van der Waals surface area (Å²) in [6.07, 6.45) is -2.03. The van der Waals surface area contributed by atoms with Crippen molar-refractivity contribution in [3.05, 3.63) is 98.8 Å². The first-order valence-electron chi connectivity index (χ1n) is 13.7. The van der Waals surface area contributed by atoms with Gasteiger partial charge in [-0.3, -0.25) is 9.89 Å². The quantitative estimate of drug-likeness (QED) is 0.125. The first kappa shape index (κ1) is 30.0. The minimum atomic E-state index is -4.48. The minimum Gasteiger partial charge on any atom is -0.482 e. The van der Waals surface area contributed by atoms with Gasteiger partial charge in [0, 0.05) is 10.6 Å². The van der Waals surface area contributed by atoms with Gasteiger partial charge in [0.15, 0.2) is 6.61 Å². The molecule has 2 heterocycles. The number of imidazole rings is 1. The molecule has 0 aliphatic rings. The standard InChI is InChI=1S/C31H28ClF3N4O4/c1-2-3-16-42-27(40)18-43-23-12-4-19(5-13-23)6-14-24-28(20-7-9-21(10-8-20)31(33,34)35)38-39(29(24)41)30-36-25-15-11-22(32)17-26(25)37-30/h4-5,7-13,15,17,38H,2-3,6,14,16,18H2,1H3,(H,36,37). The van der Waals surface area contributed by atoms with Crippen molar-refractivity contribution in [1.82, 2.24) is 19.7 Å². The summed E-state index contributed by atoms with van der Waals surface area (Å²) >= 11 is 6.09. The van der Waals surface area contributed by atoms with E-state index in [2.05, 4.69) is 15.1 Å². The Bertz CT molecular complexity index is 1770. The van der Waals surface area contributed by atoms with Gasteiger partial charge in [-0.15, -0.1) is 0 Å². The third kappa shape index (κ3) is 7.11. The number of nitrogens with zero attached hydrogens (tertiary/aromatic N) is 2. The highest BCUT2D eigenvalue weighted by Crippen LogP contribution is 2.31. The summed E-state index contributed by atoms with van der Waals surface area (Å²) in [5, 5.41) is 3.54. The summed E-state index contributed by atoms with van der Waals surface area (Å²) in [6.45, 7) is 2.17. The third-order valence-corrected chi connectivity index (χ3v) is 7.07. The van der Waals surface area contributed by atoms with Gasteiger partial charge in [-0.1, -0.05) is 49.2 Å². The fourth-order valence-electron chi connectivity index (χ4n) is 4.53. The molecule has 0 fully saturated rings. The van der Waals surface area contributed by atoms with E-state index in [0.717, 1.165) is 30.5 Å². The molecule has 2 N–H and O–H groups in total. The summed E-state index contributed by atoms with van der Waals surface area (Å²) in [5.41, 5.74) is 2.13. The van der Waals surface area contributed by atoms with Crippen molar-refractivity contribution in [1.29, 1.82) is 0 Å². The number of unbranched alkanes of at least 4 members (excludes halogenated alkanes) is 1. The molecule has 5 aromatic rings. The maximum absolute atomic E-state index is 13.7. The zero-order valence-corrected chi connectivity index (χ0v) is 23.9. The van der Waals surface area contributed by atoms with Crippen LogP contribution in [-0.2, 0) is 28.5 Å². The smallest absolute Gasteiger partial charge is 0.416 e. The second-order valence-electron chi connectivity index (χ2n) is 9.91. The molecule has 0 radical (unpaired) electrons. The van der Waals surface area contributed by atoms with E-state index in [0.29, 0.717) is 51.7 Å². The maximum Gasteiger partial charge on any atom is 0.416 e. The number of esters is 1. The molecule has 0 amide bonds. The van der Waals surface area contributed by atoms with Gasteiger partial charge in [-0.2, -0.15) is 17.9 Å². The fraction of sp³-hybridized carbons (Fsp3) is 0.258.